The topological polar surface area (TPSA) is 108 Å². The molecule has 12 heteroatoms. The van der Waals surface area contributed by atoms with Crippen molar-refractivity contribution >= 4 is 16.1 Å². The molecule has 32 heavy (non-hydrogen) atoms. The molecule has 2 bridgehead atoms. The average molecular weight is 482 g/mol. The number of ether oxygens (including phenoxy) is 4. The van der Waals surface area contributed by atoms with Crippen LogP contribution in [0.2, 0.25) is 0 Å². The van der Waals surface area contributed by atoms with Gasteiger partial charge in [-0.1, -0.05) is 20.8 Å². The number of esters is 1. The molecular weight excluding hydrogens is 457 g/mol. The Kier molecular flexibility index (Phi) is 6.44. The van der Waals surface area contributed by atoms with Crippen molar-refractivity contribution in [3.05, 3.63) is 23.8 Å². The van der Waals surface area contributed by atoms with Crippen LogP contribution in [0.1, 0.15) is 50.4 Å². The van der Waals surface area contributed by atoms with Crippen molar-refractivity contribution in [3.63, 3.8) is 0 Å². The Morgan fingerprint density at radius 3 is 2.41 bits per heavy atom. The van der Waals surface area contributed by atoms with Crippen LogP contribution in [-0.2, 0) is 19.6 Å². The van der Waals surface area contributed by atoms with Crippen LogP contribution in [0.15, 0.2) is 18.2 Å². The monoisotopic (exact) mass is 482 g/mol. The minimum atomic E-state index is -4.99. The molecule has 1 aromatic rings. The molecule has 2 fully saturated rings. The second-order valence-corrected chi connectivity index (χ2v) is 10.5. The molecule has 3 atom stereocenters. The van der Waals surface area contributed by atoms with E-state index < -0.39 is 51.6 Å². The first-order valence-corrected chi connectivity index (χ1v) is 11.6. The van der Waals surface area contributed by atoms with E-state index in [1.165, 1.54) is 0 Å². The second kappa shape index (κ2) is 8.38. The van der Waals surface area contributed by atoms with Crippen LogP contribution in [-0.4, -0.2) is 55.5 Å². The third-order valence-electron chi connectivity index (χ3n) is 5.70. The maximum absolute atomic E-state index is 13.0. The van der Waals surface area contributed by atoms with E-state index >= 15 is 0 Å². The highest BCUT2D eigenvalue weighted by Gasteiger charge is 2.60. The van der Waals surface area contributed by atoms with Crippen molar-refractivity contribution in [1.29, 1.82) is 0 Å². The van der Waals surface area contributed by atoms with E-state index in [1.54, 1.807) is 0 Å². The van der Waals surface area contributed by atoms with Gasteiger partial charge < -0.3 is 18.9 Å². The molecule has 0 aromatic heterocycles. The Hall–Kier alpha value is -2.05. The third-order valence-corrected chi connectivity index (χ3v) is 6.38. The third kappa shape index (κ3) is 5.46. The van der Waals surface area contributed by atoms with Gasteiger partial charge >= 0.3 is 12.3 Å². The predicted molar refractivity (Wildman–Crippen MR) is 105 cm³/mol. The first kappa shape index (κ1) is 24.6. The molecule has 0 radical (unpaired) electrons. The quantitative estimate of drug-likeness (QED) is 0.463. The number of carbonyl (C=O) groups excluding carboxylic acids is 1. The van der Waals surface area contributed by atoms with E-state index in [2.05, 4.69) is 4.74 Å². The SMILES string of the molecule is CC(C)(C)C1(Oc2cc(C(=O)OCCS(=O)(=O)O)ccc2OC(F)(F)F)CC2CCC1O2. The van der Waals surface area contributed by atoms with Crippen molar-refractivity contribution in [2.45, 2.75) is 64.2 Å². The number of carbonyl (C=O) groups is 1. The maximum Gasteiger partial charge on any atom is 0.573 e. The van der Waals surface area contributed by atoms with Gasteiger partial charge in [-0.25, -0.2) is 4.79 Å². The number of benzene rings is 1. The first-order chi connectivity index (χ1) is 14.6. The van der Waals surface area contributed by atoms with Gasteiger partial charge in [0.05, 0.1) is 17.8 Å². The molecule has 1 aromatic carbocycles. The highest BCUT2D eigenvalue weighted by molar-refractivity contribution is 7.85. The van der Waals surface area contributed by atoms with Gasteiger partial charge in [0, 0.05) is 11.8 Å². The fourth-order valence-electron chi connectivity index (χ4n) is 4.16. The lowest BCUT2D eigenvalue weighted by Crippen LogP contribution is -2.55. The van der Waals surface area contributed by atoms with Crippen LogP contribution >= 0.6 is 0 Å². The molecule has 1 N–H and O–H groups in total. The van der Waals surface area contributed by atoms with Crippen molar-refractivity contribution in [1.82, 2.24) is 0 Å². The van der Waals surface area contributed by atoms with E-state index in [1.807, 2.05) is 20.8 Å². The summed E-state index contributed by atoms with van der Waals surface area (Å²) in [7, 11) is -4.34. The normalized spacial score (nSPS) is 25.6. The van der Waals surface area contributed by atoms with Crippen molar-refractivity contribution < 1.29 is 49.9 Å². The van der Waals surface area contributed by atoms with Gasteiger partial charge in [0.2, 0.25) is 0 Å². The highest BCUT2D eigenvalue weighted by Crippen LogP contribution is 2.54. The van der Waals surface area contributed by atoms with E-state index in [4.69, 9.17) is 18.8 Å². The van der Waals surface area contributed by atoms with Gasteiger partial charge in [-0.15, -0.1) is 13.2 Å². The van der Waals surface area contributed by atoms with Crippen LogP contribution in [0, 0.1) is 5.41 Å². The first-order valence-electron chi connectivity index (χ1n) is 9.96. The number of hydrogen-bond donors (Lipinski definition) is 1. The summed E-state index contributed by atoms with van der Waals surface area (Å²) in [6.45, 7) is 5.07. The number of rotatable bonds is 7. The van der Waals surface area contributed by atoms with E-state index in [0.29, 0.717) is 12.8 Å². The summed E-state index contributed by atoms with van der Waals surface area (Å²) in [5.41, 5.74) is -1.64. The molecule has 0 aliphatic carbocycles. The summed E-state index contributed by atoms with van der Waals surface area (Å²) in [6, 6.07) is 3.05. The number of fused-ring (bicyclic) bond motifs is 2. The van der Waals surface area contributed by atoms with E-state index in [9.17, 15) is 26.4 Å². The smallest absolute Gasteiger partial charge is 0.480 e. The Balaban J connectivity index is 1.92. The van der Waals surface area contributed by atoms with Gasteiger partial charge in [-0.3, -0.25) is 4.55 Å². The number of hydrogen-bond acceptors (Lipinski definition) is 7. The molecule has 8 nitrogen and oxygen atoms in total. The summed E-state index contributed by atoms with van der Waals surface area (Å²) < 4.78 is 90.2. The lowest BCUT2D eigenvalue weighted by Gasteiger charge is -2.46. The largest absolute Gasteiger partial charge is 0.573 e. The van der Waals surface area contributed by atoms with Gasteiger partial charge in [-0.2, -0.15) is 8.42 Å². The lowest BCUT2D eigenvalue weighted by atomic mass is 9.68. The van der Waals surface area contributed by atoms with Crippen molar-refractivity contribution in [3.8, 4) is 11.5 Å². The molecule has 2 aliphatic rings. The molecular formula is C20H25F3O8S. The molecule has 2 saturated heterocycles. The van der Waals surface area contributed by atoms with Crippen LogP contribution in [0.4, 0.5) is 13.2 Å². The Bertz CT molecular complexity index is 970. The summed E-state index contributed by atoms with van der Waals surface area (Å²) in [5, 5.41) is 0. The van der Waals surface area contributed by atoms with Crippen LogP contribution in [0.5, 0.6) is 11.5 Å². The van der Waals surface area contributed by atoms with E-state index in [-0.39, 0.29) is 23.5 Å². The Morgan fingerprint density at radius 1 is 1.22 bits per heavy atom. The summed E-state index contributed by atoms with van der Waals surface area (Å²) in [6.07, 6.45) is -3.41. The lowest BCUT2D eigenvalue weighted by molar-refractivity contribution is -0.275. The van der Waals surface area contributed by atoms with Crippen LogP contribution in [0.25, 0.3) is 0 Å². The van der Waals surface area contributed by atoms with Gasteiger partial charge in [-0.05, 0) is 31.0 Å². The minimum absolute atomic E-state index is 0.0696. The van der Waals surface area contributed by atoms with Crippen LogP contribution < -0.4 is 9.47 Å². The minimum Gasteiger partial charge on any atom is -0.480 e. The highest BCUT2D eigenvalue weighted by atomic mass is 32.2. The fourth-order valence-corrected chi connectivity index (χ4v) is 4.46. The zero-order valence-electron chi connectivity index (χ0n) is 17.8. The van der Waals surface area contributed by atoms with E-state index in [0.717, 1.165) is 24.6 Å². The maximum atomic E-state index is 13.0. The van der Waals surface area contributed by atoms with Crippen molar-refractivity contribution in [2.24, 2.45) is 5.41 Å². The Morgan fingerprint density at radius 2 is 1.91 bits per heavy atom. The molecule has 3 rings (SSSR count). The predicted octanol–water partition coefficient (Wildman–Crippen LogP) is 3.74. The number of alkyl halides is 3. The van der Waals surface area contributed by atoms with Crippen molar-refractivity contribution in [2.75, 3.05) is 12.4 Å². The molecule has 2 heterocycles. The van der Waals surface area contributed by atoms with Gasteiger partial charge in [0.1, 0.15) is 18.0 Å². The van der Waals surface area contributed by atoms with Gasteiger partial charge in [0.25, 0.3) is 10.1 Å². The standard InChI is InChI=1S/C20H25F3O8S/c1-18(2,3)19(11-13-5-7-16(19)29-13)30-15-10-12(4-6-14(15)31-20(21,22)23)17(24)28-8-9-32(25,26)27/h4,6,10,13,16H,5,7-9,11H2,1-3H3,(H,25,26,27). The second-order valence-electron chi connectivity index (χ2n) is 8.90. The molecule has 3 unspecified atom stereocenters. The average Bonchev–Trinajstić information content (AvgIpc) is 3.22. The zero-order chi connectivity index (χ0) is 23.9. The summed E-state index contributed by atoms with van der Waals surface area (Å²) in [5.74, 6) is -2.74. The summed E-state index contributed by atoms with van der Waals surface area (Å²) >= 11 is 0. The zero-order valence-corrected chi connectivity index (χ0v) is 18.6. The molecule has 0 spiro atoms. The van der Waals surface area contributed by atoms with Gasteiger partial charge in [0.15, 0.2) is 11.5 Å². The Labute approximate surface area is 183 Å². The molecule has 2 aliphatic heterocycles. The number of halogens is 3. The van der Waals surface area contributed by atoms with Crippen LogP contribution in [0.3, 0.4) is 0 Å². The molecule has 0 saturated carbocycles. The summed E-state index contributed by atoms with van der Waals surface area (Å²) in [4.78, 5) is 12.3. The molecule has 0 amide bonds. The molecule has 180 valence electrons. The fraction of sp³-hybridized carbons (Fsp3) is 0.650.